The lowest BCUT2D eigenvalue weighted by molar-refractivity contribution is 0.188. The van der Waals surface area contributed by atoms with Gasteiger partial charge in [-0.25, -0.2) is 4.98 Å². The maximum atomic E-state index is 10.0. The van der Waals surface area contributed by atoms with Gasteiger partial charge in [-0.3, -0.25) is 0 Å². The van der Waals surface area contributed by atoms with Crippen LogP contribution in [0.3, 0.4) is 0 Å². The van der Waals surface area contributed by atoms with Crippen molar-refractivity contribution in [1.82, 2.24) is 9.88 Å². The van der Waals surface area contributed by atoms with E-state index in [-0.39, 0.29) is 5.95 Å². The first kappa shape index (κ1) is 14.8. The Bertz CT molecular complexity index is 669. The van der Waals surface area contributed by atoms with Crippen molar-refractivity contribution >= 4 is 22.9 Å². The van der Waals surface area contributed by atoms with Crippen molar-refractivity contribution in [2.45, 2.75) is 13.8 Å². The molecule has 1 aromatic rings. The van der Waals surface area contributed by atoms with E-state index >= 15 is 0 Å². The Kier molecular flexibility index (Phi) is 4.62. The number of nitrogens with zero attached hydrogens (tertiary/aromatic N) is 2. The summed E-state index contributed by atoms with van der Waals surface area (Å²) in [5.74, 6) is -0.0937. The molecule has 0 aromatic carbocycles. The molecular weight excluding hydrogens is 272 g/mol. The predicted octanol–water partition coefficient (Wildman–Crippen LogP) is 1.32. The first-order valence-electron chi connectivity index (χ1n) is 6.59. The van der Waals surface area contributed by atoms with Gasteiger partial charge in [0, 0.05) is 6.54 Å². The van der Waals surface area contributed by atoms with Gasteiger partial charge >= 0.3 is 5.95 Å². The number of aromatic nitrogens is 1. The molecule has 2 rings (SSSR count). The lowest BCUT2D eigenvalue weighted by atomic mass is 10.1. The molecule has 0 atom stereocenters. The number of hydrogen-bond donors (Lipinski definition) is 1. The normalized spacial score (nSPS) is 18.6. The number of aliphatic hydroxyl groups is 1. The van der Waals surface area contributed by atoms with Crippen LogP contribution in [0.15, 0.2) is 23.8 Å². The fourth-order valence-electron chi connectivity index (χ4n) is 2.12. The molecular formula is C15H20N2O2S. The van der Waals surface area contributed by atoms with Gasteiger partial charge < -0.3 is 14.7 Å². The highest BCUT2D eigenvalue weighted by molar-refractivity contribution is 7.09. The molecule has 0 unspecified atom stereocenters. The van der Waals surface area contributed by atoms with Gasteiger partial charge in [-0.15, -0.1) is 11.3 Å². The number of likely N-dealkylation sites (N-methyl/N-ethyl adjacent to an activating group) is 1. The summed E-state index contributed by atoms with van der Waals surface area (Å²) >= 11 is 1.58. The average Bonchev–Trinajstić information content (AvgIpc) is 2.95. The van der Waals surface area contributed by atoms with Crippen LogP contribution in [0.2, 0.25) is 0 Å². The van der Waals surface area contributed by atoms with Gasteiger partial charge in [0.2, 0.25) is 0 Å². The summed E-state index contributed by atoms with van der Waals surface area (Å²) in [5, 5.41) is 11.5. The number of hydrogen-bond acceptors (Lipinski definition) is 5. The van der Waals surface area contributed by atoms with E-state index < -0.39 is 0 Å². The molecule has 0 spiro atoms. The zero-order valence-electron chi connectivity index (χ0n) is 12.3. The molecule has 5 heteroatoms. The number of rotatable bonds is 4. The van der Waals surface area contributed by atoms with E-state index in [1.165, 1.54) is 5.57 Å². The van der Waals surface area contributed by atoms with Crippen LogP contribution in [0.4, 0.5) is 0 Å². The average molecular weight is 292 g/mol. The van der Waals surface area contributed by atoms with Crippen LogP contribution in [0, 0.1) is 6.92 Å². The molecule has 20 heavy (non-hydrogen) atoms. The maximum Gasteiger partial charge on any atom is 0.305 e. The number of aryl methyl sites for hydroxylation is 1. The van der Waals surface area contributed by atoms with Crippen LogP contribution in [0.25, 0.3) is 11.5 Å². The molecule has 1 N–H and O–H groups in total. The molecule has 0 radical (unpaired) electrons. The van der Waals surface area contributed by atoms with E-state index in [0.29, 0.717) is 12.0 Å². The first-order chi connectivity index (χ1) is 9.52. The second kappa shape index (κ2) is 6.24. The van der Waals surface area contributed by atoms with Crippen LogP contribution >= 0.6 is 11.3 Å². The second-order valence-electron chi connectivity index (χ2n) is 4.85. The van der Waals surface area contributed by atoms with Crippen molar-refractivity contribution in [3.8, 4) is 0 Å². The lowest BCUT2D eigenvalue weighted by Gasteiger charge is -2.11. The highest BCUT2D eigenvalue weighted by atomic mass is 32.1. The fourth-order valence-corrected chi connectivity index (χ4v) is 3.09. The Morgan fingerprint density at radius 1 is 1.45 bits per heavy atom. The number of allylic oxidation sites excluding steroid dienone is 3. The molecule has 1 heterocycles. The minimum Gasteiger partial charge on any atom is -0.479 e. The molecule has 1 aromatic heterocycles. The highest BCUT2D eigenvalue weighted by Crippen LogP contribution is 2.19. The van der Waals surface area contributed by atoms with E-state index in [1.54, 1.807) is 11.3 Å². The van der Waals surface area contributed by atoms with E-state index in [4.69, 9.17) is 4.74 Å². The molecule has 1 aliphatic carbocycles. The molecule has 4 nitrogen and oxygen atoms in total. The summed E-state index contributed by atoms with van der Waals surface area (Å²) in [7, 11) is 4.08. The van der Waals surface area contributed by atoms with Crippen molar-refractivity contribution < 1.29 is 9.84 Å². The third-order valence-electron chi connectivity index (χ3n) is 2.86. The van der Waals surface area contributed by atoms with Gasteiger partial charge in [0.25, 0.3) is 0 Å². The predicted molar refractivity (Wildman–Crippen MR) is 82.9 cm³/mol. The molecule has 0 amide bonds. The Morgan fingerprint density at radius 2 is 2.20 bits per heavy atom. The molecule has 0 bridgehead atoms. The van der Waals surface area contributed by atoms with Crippen molar-refractivity contribution in [2.75, 3.05) is 27.2 Å². The number of aliphatic hydroxyl groups excluding tert-OH is 1. The Hall–Kier alpha value is -1.59. The summed E-state index contributed by atoms with van der Waals surface area (Å²) in [5.41, 5.74) is 2.34. The van der Waals surface area contributed by atoms with E-state index in [0.717, 1.165) is 21.7 Å². The standard InChI is InChI=1S/C15H20N2O2S/c1-5-19-15(18)13-14(20-10(2)16-13)12-8-6-7-11(12)9-17(3)4/h6-8,18H,5,9H2,1-4H3/b14-12+,15-13-. The van der Waals surface area contributed by atoms with Crippen LogP contribution in [0.1, 0.15) is 11.9 Å². The number of ether oxygens (including phenoxy) is 1. The SMILES string of the molecule is CCO/C(O)=c1\nc(C)s\c1=C1/C=CC=C1CN(C)C. The van der Waals surface area contributed by atoms with Gasteiger partial charge in [-0.05, 0) is 39.1 Å². The van der Waals surface area contributed by atoms with Gasteiger partial charge in [0.15, 0.2) is 5.35 Å². The molecule has 1 aliphatic rings. The first-order valence-corrected chi connectivity index (χ1v) is 7.40. The largest absolute Gasteiger partial charge is 0.479 e. The molecule has 0 fully saturated rings. The minimum atomic E-state index is -0.0937. The van der Waals surface area contributed by atoms with E-state index in [1.807, 2.05) is 34.0 Å². The topological polar surface area (TPSA) is 45.6 Å². The smallest absolute Gasteiger partial charge is 0.305 e. The summed E-state index contributed by atoms with van der Waals surface area (Å²) in [6.07, 6.45) is 6.20. The summed E-state index contributed by atoms with van der Waals surface area (Å²) in [6, 6.07) is 0. The van der Waals surface area contributed by atoms with Gasteiger partial charge in [-0.1, -0.05) is 18.2 Å². The monoisotopic (exact) mass is 292 g/mol. The van der Waals surface area contributed by atoms with Gasteiger partial charge in [0.05, 0.1) is 16.1 Å². The van der Waals surface area contributed by atoms with Gasteiger partial charge in [-0.2, -0.15) is 0 Å². The summed E-state index contributed by atoms with van der Waals surface area (Å²) in [6.45, 7) is 5.06. The van der Waals surface area contributed by atoms with E-state index in [9.17, 15) is 5.11 Å². The van der Waals surface area contributed by atoms with Gasteiger partial charge in [0.1, 0.15) is 0 Å². The molecule has 0 aliphatic heterocycles. The Balaban J connectivity index is 2.63. The number of thiazole rings is 1. The van der Waals surface area contributed by atoms with Crippen LogP contribution in [0.5, 0.6) is 0 Å². The van der Waals surface area contributed by atoms with E-state index in [2.05, 4.69) is 22.0 Å². The Labute approximate surface area is 123 Å². The molecule has 0 saturated carbocycles. The van der Waals surface area contributed by atoms with Crippen LogP contribution < -0.4 is 9.88 Å². The second-order valence-corrected chi connectivity index (χ2v) is 6.05. The highest BCUT2D eigenvalue weighted by Gasteiger charge is 2.13. The van der Waals surface area contributed by atoms with Crippen molar-refractivity contribution in [3.63, 3.8) is 0 Å². The zero-order chi connectivity index (χ0) is 14.7. The summed E-state index contributed by atoms with van der Waals surface area (Å²) < 4.78 is 6.17. The fraction of sp³-hybridized carbons (Fsp3) is 0.400. The lowest BCUT2D eigenvalue weighted by Crippen LogP contribution is -2.28. The quantitative estimate of drug-likeness (QED) is 0.909. The zero-order valence-corrected chi connectivity index (χ0v) is 13.1. The van der Waals surface area contributed by atoms with Crippen LogP contribution in [-0.2, 0) is 4.74 Å². The Morgan fingerprint density at radius 3 is 2.85 bits per heavy atom. The third kappa shape index (κ3) is 3.11. The van der Waals surface area contributed by atoms with Crippen LogP contribution in [-0.4, -0.2) is 42.2 Å². The molecule has 0 saturated heterocycles. The maximum absolute atomic E-state index is 10.0. The third-order valence-corrected chi connectivity index (χ3v) is 3.86. The summed E-state index contributed by atoms with van der Waals surface area (Å²) in [4.78, 5) is 6.52. The van der Waals surface area contributed by atoms with Crippen molar-refractivity contribution in [1.29, 1.82) is 0 Å². The van der Waals surface area contributed by atoms with Crippen molar-refractivity contribution in [3.05, 3.63) is 38.7 Å². The minimum absolute atomic E-state index is 0.0937. The molecule has 108 valence electrons. The van der Waals surface area contributed by atoms with Crippen molar-refractivity contribution in [2.24, 2.45) is 0 Å².